The number of halogens is 1. The van der Waals surface area contributed by atoms with Crippen LogP contribution >= 0.6 is 12.4 Å². The van der Waals surface area contributed by atoms with E-state index in [1.807, 2.05) is 41.3 Å². The first-order valence-corrected chi connectivity index (χ1v) is 9.69. The summed E-state index contributed by atoms with van der Waals surface area (Å²) in [6.45, 7) is 3.81. The van der Waals surface area contributed by atoms with Crippen molar-refractivity contribution in [3.63, 3.8) is 0 Å². The molecule has 2 aliphatic heterocycles. The number of amides is 1. The van der Waals surface area contributed by atoms with Crippen LogP contribution in [0.15, 0.2) is 48.8 Å². The van der Waals surface area contributed by atoms with Gasteiger partial charge in [-0.25, -0.2) is 9.50 Å². The minimum atomic E-state index is 0. The molecule has 5 rings (SSSR count). The van der Waals surface area contributed by atoms with Crippen LogP contribution in [-0.4, -0.2) is 51.6 Å². The topological polar surface area (TPSA) is 62.5 Å². The number of hydrogen-bond acceptors (Lipinski definition) is 4. The largest absolute Gasteiger partial charge is 0.338 e. The van der Waals surface area contributed by atoms with Crippen LogP contribution in [0, 0.1) is 11.8 Å². The van der Waals surface area contributed by atoms with Crippen molar-refractivity contribution in [3.05, 3.63) is 54.4 Å². The minimum absolute atomic E-state index is 0. The Morgan fingerprint density at radius 2 is 1.75 bits per heavy atom. The van der Waals surface area contributed by atoms with Crippen LogP contribution in [0.25, 0.3) is 16.9 Å². The number of carbonyl (C=O) groups is 1. The summed E-state index contributed by atoms with van der Waals surface area (Å²) >= 11 is 0. The zero-order valence-corrected chi connectivity index (χ0v) is 16.4. The van der Waals surface area contributed by atoms with Crippen molar-refractivity contribution in [1.82, 2.24) is 24.8 Å². The molecule has 3 aromatic rings. The fraction of sp³-hybridized carbons (Fsp3) is 0.381. The molecule has 0 saturated carbocycles. The number of likely N-dealkylation sites (tertiary alicyclic amines) is 1. The van der Waals surface area contributed by atoms with Crippen LogP contribution in [0.5, 0.6) is 0 Å². The second-order valence-electron chi connectivity index (χ2n) is 7.54. The van der Waals surface area contributed by atoms with Crippen LogP contribution in [0.1, 0.15) is 23.2 Å². The lowest BCUT2D eigenvalue weighted by Gasteiger charge is -2.20. The quantitative estimate of drug-likeness (QED) is 0.722. The van der Waals surface area contributed by atoms with Crippen molar-refractivity contribution < 1.29 is 4.79 Å². The number of rotatable bonds is 2. The molecular weight excluding hydrogens is 374 g/mol. The number of carbonyl (C=O) groups excluding carboxylic acids is 1. The van der Waals surface area contributed by atoms with Crippen molar-refractivity contribution >= 4 is 24.0 Å². The molecule has 0 radical (unpaired) electrons. The van der Waals surface area contributed by atoms with E-state index in [9.17, 15) is 4.79 Å². The summed E-state index contributed by atoms with van der Waals surface area (Å²) in [6, 6.07) is 12.0. The Bertz CT molecular complexity index is 959. The Hall–Kier alpha value is -2.44. The van der Waals surface area contributed by atoms with Gasteiger partial charge in [-0.05, 0) is 43.8 Å². The third kappa shape index (κ3) is 3.27. The highest BCUT2D eigenvalue weighted by molar-refractivity contribution is 6.00. The average molecular weight is 398 g/mol. The molecule has 7 heteroatoms. The maximum atomic E-state index is 13.2. The summed E-state index contributed by atoms with van der Waals surface area (Å²) in [6.07, 6.45) is 5.58. The molecule has 0 bridgehead atoms. The number of hydrogen-bond donors (Lipinski definition) is 1. The number of aromatic nitrogens is 3. The normalized spacial score (nSPS) is 21.8. The van der Waals surface area contributed by atoms with Crippen LogP contribution in [-0.2, 0) is 0 Å². The molecule has 28 heavy (non-hydrogen) atoms. The third-order valence-electron chi connectivity index (χ3n) is 6.01. The Kier molecular flexibility index (Phi) is 5.33. The first-order valence-electron chi connectivity index (χ1n) is 9.69. The van der Waals surface area contributed by atoms with Gasteiger partial charge in [-0.15, -0.1) is 12.4 Å². The molecule has 1 amide bonds. The van der Waals surface area contributed by atoms with Gasteiger partial charge in [-0.2, -0.15) is 5.10 Å². The van der Waals surface area contributed by atoms with Gasteiger partial charge < -0.3 is 10.2 Å². The first-order chi connectivity index (χ1) is 13.3. The average Bonchev–Trinajstić information content (AvgIpc) is 3.30. The van der Waals surface area contributed by atoms with E-state index < -0.39 is 0 Å². The SMILES string of the molecule is Cl.O=C(c1cnn2c(-c3ccccc3)ccnc12)N1CC[C@@H]2CNC[C@@H]2CC1. The van der Waals surface area contributed by atoms with Crippen LogP contribution < -0.4 is 5.32 Å². The summed E-state index contributed by atoms with van der Waals surface area (Å²) < 4.78 is 1.78. The van der Waals surface area contributed by atoms with Crippen molar-refractivity contribution in [2.24, 2.45) is 11.8 Å². The van der Waals surface area contributed by atoms with Gasteiger partial charge in [-0.3, -0.25) is 4.79 Å². The highest BCUT2D eigenvalue weighted by atomic mass is 35.5. The molecule has 4 heterocycles. The minimum Gasteiger partial charge on any atom is -0.338 e. The van der Waals surface area contributed by atoms with E-state index in [1.165, 1.54) is 0 Å². The highest BCUT2D eigenvalue weighted by Crippen LogP contribution is 2.28. The Balaban J connectivity index is 0.00000192. The number of nitrogens with zero attached hydrogens (tertiary/aromatic N) is 4. The lowest BCUT2D eigenvalue weighted by atomic mass is 9.92. The fourth-order valence-corrected chi connectivity index (χ4v) is 4.46. The molecule has 1 N–H and O–H groups in total. The van der Waals surface area contributed by atoms with E-state index in [2.05, 4.69) is 15.4 Å². The number of fused-ring (bicyclic) bond motifs is 2. The monoisotopic (exact) mass is 397 g/mol. The van der Waals surface area contributed by atoms with Gasteiger partial charge in [0.2, 0.25) is 0 Å². The van der Waals surface area contributed by atoms with Gasteiger partial charge in [0.15, 0.2) is 5.65 Å². The molecule has 0 unspecified atom stereocenters. The molecule has 0 spiro atoms. The number of benzene rings is 1. The molecule has 2 saturated heterocycles. The molecule has 146 valence electrons. The molecular formula is C21H24ClN5O. The molecule has 6 nitrogen and oxygen atoms in total. The first kappa shape index (κ1) is 18.9. The molecule has 2 aliphatic rings. The molecule has 2 aromatic heterocycles. The van der Waals surface area contributed by atoms with Gasteiger partial charge in [-0.1, -0.05) is 30.3 Å². The van der Waals surface area contributed by atoms with Crippen LogP contribution in [0.4, 0.5) is 0 Å². The van der Waals surface area contributed by atoms with Crippen molar-refractivity contribution in [2.45, 2.75) is 12.8 Å². The van der Waals surface area contributed by atoms with Crippen molar-refractivity contribution in [1.29, 1.82) is 0 Å². The van der Waals surface area contributed by atoms with E-state index in [1.54, 1.807) is 16.9 Å². The maximum Gasteiger partial charge on any atom is 0.259 e. The second kappa shape index (κ2) is 7.89. The molecule has 0 aliphatic carbocycles. The maximum absolute atomic E-state index is 13.2. The molecule has 1 aromatic carbocycles. The van der Waals surface area contributed by atoms with E-state index in [4.69, 9.17) is 0 Å². The molecule has 2 fully saturated rings. The highest BCUT2D eigenvalue weighted by Gasteiger charge is 2.32. The fourth-order valence-electron chi connectivity index (χ4n) is 4.46. The zero-order chi connectivity index (χ0) is 18.2. The Morgan fingerprint density at radius 1 is 1.04 bits per heavy atom. The van der Waals surface area contributed by atoms with Crippen LogP contribution in [0.2, 0.25) is 0 Å². The Labute approximate surface area is 170 Å². The van der Waals surface area contributed by atoms with E-state index in [-0.39, 0.29) is 18.3 Å². The lowest BCUT2D eigenvalue weighted by Crippen LogP contribution is -2.32. The number of nitrogens with one attached hydrogen (secondary N) is 1. The predicted molar refractivity (Wildman–Crippen MR) is 111 cm³/mol. The smallest absolute Gasteiger partial charge is 0.259 e. The molecule has 2 atom stereocenters. The summed E-state index contributed by atoms with van der Waals surface area (Å²) in [5.74, 6) is 1.46. The standard InChI is InChI=1S/C21H23N5O.ClH/c27-21(25-10-7-16-12-22-13-17(16)8-11-25)18-14-24-26-19(6-9-23-20(18)26)15-4-2-1-3-5-15;/h1-6,9,14,16-17,22H,7-8,10-13H2;1H/t16-,17+;. The van der Waals surface area contributed by atoms with Gasteiger partial charge in [0.25, 0.3) is 5.91 Å². The van der Waals surface area contributed by atoms with E-state index in [0.29, 0.717) is 23.0 Å². The van der Waals surface area contributed by atoms with Crippen molar-refractivity contribution in [3.8, 4) is 11.3 Å². The lowest BCUT2D eigenvalue weighted by molar-refractivity contribution is 0.0760. The summed E-state index contributed by atoms with van der Waals surface area (Å²) in [7, 11) is 0. The Morgan fingerprint density at radius 3 is 2.46 bits per heavy atom. The van der Waals surface area contributed by atoms with Gasteiger partial charge >= 0.3 is 0 Å². The van der Waals surface area contributed by atoms with E-state index >= 15 is 0 Å². The van der Waals surface area contributed by atoms with Gasteiger partial charge in [0.05, 0.1) is 11.9 Å². The van der Waals surface area contributed by atoms with Gasteiger partial charge in [0, 0.05) is 24.8 Å². The predicted octanol–water partition coefficient (Wildman–Crippen LogP) is 2.89. The summed E-state index contributed by atoms with van der Waals surface area (Å²) in [5.41, 5.74) is 3.23. The summed E-state index contributed by atoms with van der Waals surface area (Å²) in [5, 5.41) is 7.97. The van der Waals surface area contributed by atoms with Gasteiger partial charge in [0.1, 0.15) is 5.56 Å². The van der Waals surface area contributed by atoms with Crippen molar-refractivity contribution in [2.75, 3.05) is 26.2 Å². The second-order valence-corrected chi connectivity index (χ2v) is 7.54. The third-order valence-corrected chi connectivity index (χ3v) is 6.01. The van der Waals surface area contributed by atoms with E-state index in [0.717, 1.165) is 50.3 Å². The van der Waals surface area contributed by atoms with Crippen LogP contribution in [0.3, 0.4) is 0 Å². The summed E-state index contributed by atoms with van der Waals surface area (Å²) in [4.78, 5) is 19.7. The zero-order valence-electron chi connectivity index (χ0n) is 15.6.